The van der Waals surface area contributed by atoms with Gasteiger partial charge in [0.15, 0.2) is 0 Å². The van der Waals surface area contributed by atoms with Crippen LogP contribution in [0, 0.1) is 7.43 Å². The Morgan fingerprint density at radius 1 is 1.00 bits per heavy atom. The molecule has 0 saturated carbocycles. The molecule has 0 saturated heterocycles. The molecule has 6 radical (unpaired) electrons. The second kappa shape index (κ2) is 37.1. The van der Waals surface area contributed by atoms with E-state index in [4.69, 9.17) is 0 Å². The normalized spacial score (nSPS) is 0. The van der Waals surface area contributed by atoms with E-state index in [1.807, 2.05) is 0 Å². The van der Waals surface area contributed by atoms with E-state index in [1.54, 1.807) is 0 Å². The Balaban J connectivity index is 0. The Morgan fingerprint density at radius 2 is 1.00 bits per heavy atom. The van der Waals surface area contributed by atoms with Crippen molar-refractivity contribution < 1.29 is 39.0 Å². The Labute approximate surface area is 46.9 Å². The summed E-state index contributed by atoms with van der Waals surface area (Å²) in [5, 5.41) is 0. The fourth-order valence-electron chi connectivity index (χ4n) is 0. The Hall–Kier alpha value is 0.973. The number of hydrogen-bond donors (Lipinski definition) is 0. The molecule has 0 aliphatic carbocycles. The summed E-state index contributed by atoms with van der Waals surface area (Å²) in [7, 11) is 0. The van der Waals surface area contributed by atoms with Gasteiger partial charge in [-0.2, -0.15) is 0 Å². The van der Waals surface area contributed by atoms with Crippen molar-refractivity contribution in [1.29, 1.82) is 0 Å². The molecule has 0 amide bonds. The van der Waals surface area contributed by atoms with Crippen LogP contribution in [0.1, 0.15) is 0 Å². The van der Waals surface area contributed by atoms with E-state index in [-0.39, 0.29) is 46.5 Å². The fourth-order valence-corrected chi connectivity index (χ4v) is 0. The molecule has 0 aromatic carbocycles. The number of rotatable bonds is 0. The molecule has 0 aromatic rings. The van der Waals surface area contributed by atoms with Crippen molar-refractivity contribution in [2.45, 2.75) is 0 Å². The van der Waals surface area contributed by atoms with E-state index in [0.717, 1.165) is 0 Å². The zero-order valence-electron chi connectivity index (χ0n) is 1.57. The van der Waals surface area contributed by atoms with Crippen molar-refractivity contribution >= 4 is 0 Å². The van der Waals surface area contributed by atoms with Crippen LogP contribution in [0.15, 0.2) is 0 Å². The first-order chi connectivity index (χ1) is 0. The van der Waals surface area contributed by atoms with Gasteiger partial charge in [0.25, 0.3) is 0 Å². The van der Waals surface area contributed by atoms with Crippen molar-refractivity contribution in [3.63, 3.8) is 0 Å². The molecule has 0 spiro atoms. The molecule has 0 aliphatic heterocycles. The van der Waals surface area contributed by atoms with Crippen molar-refractivity contribution in [2.75, 3.05) is 0 Å². The summed E-state index contributed by atoms with van der Waals surface area (Å²) in [6.45, 7) is 0. The summed E-state index contributed by atoms with van der Waals surface area (Å²) in [5.74, 6) is 0. The maximum Gasteiger partial charge on any atom is 2.00 e. The summed E-state index contributed by atoms with van der Waals surface area (Å²) in [4.78, 5) is 0. The molecular weight excluding hydrogens is 146 g/mol. The van der Waals surface area contributed by atoms with Crippen LogP contribution in [0.4, 0.5) is 0 Å². The average molecular weight is 146 g/mol. The third-order valence-corrected chi connectivity index (χ3v) is 0. The second-order valence-electron chi connectivity index (χ2n) is 0. The third kappa shape index (κ3) is 12.2. The molecule has 0 heterocycles. The molecule has 0 bridgehead atoms. The minimum Gasteiger partial charge on any atom is -2.00 e. The molecule has 0 N–H and O–H groups in total. The summed E-state index contributed by atoms with van der Waals surface area (Å²) >= 11 is 0. The quantitative estimate of drug-likeness (QED) is 0.458. The molecule has 0 fully saturated rings. The van der Waals surface area contributed by atoms with Gasteiger partial charge in [-0.25, -0.2) is 0 Å². The van der Waals surface area contributed by atoms with Crippen LogP contribution < -0.4 is 0 Å². The molecule has 0 unspecified atom stereocenters. The van der Waals surface area contributed by atoms with Gasteiger partial charge in [-0.3, -0.25) is 0 Å². The molecule has 0 rings (SSSR count). The maximum absolute atomic E-state index is 0. The fraction of sp³-hybridized carbons (Fsp3) is 0. The van der Waals surface area contributed by atoms with E-state index < -0.39 is 0 Å². The predicted molar refractivity (Wildman–Crippen MR) is 3.93 cm³/mol. The second-order valence-corrected chi connectivity index (χ2v) is 0. The van der Waals surface area contributed by atoms with Crippen LogP contribution in [0.5, 0.6) is 0 Å². The van der Waals surface area contributed by atoms with Gasteiger partial charge in [0.05, 0.1) is 0 Å². The van der Waals surface area contributed by atoms with E-state index >= 15 is 0 Å². The van der Waals surface area contributed by atoms with Crippen molar-refractivity contribution in [3.05, 3.63) is 7.43 Å². The van der Waals surface area contributed by atoms with Crippen molar-refractivity contribution in [3.8, 4) is 0 Å². The van der Waals surface area contributed by atoms with Gasteiger partial charge in [0.1, 0.15) is 0 Å². The van der Waals surface area contributed by atoms with Gasteiger partial charge < -0.3 is 5.48 Å². The average Bonchev–Trinajstić information content (AvgIpc) is 0. The molecule has 28 valence electrons. The molecule has 0 atom stereocenters. The SMILES string of the molecule is [C].[Co+2].[Co].[O-2]. The number of hydrogen-bond acceptors (Lipinski definition) is 0. The smallest absolute Gasteiger partial charge is 2.00 e. The summed E-state index contributed by atoms with van der Waals surface area (Å²) in [6, 6.07) is 0. The van der Waals surface area contributed by atoms with E-state index in [0.29, 0.717) is 0 Å². The summed E-state index contributed by atoms with van der Waals surface area (Å²) in [5.41, 5.74) is 0. The van der Waals surface area contributed by atoms with Crippen LogP contribution in [0.3, 0.4) is 0 Å². The molecule has 0 aromatic heterocycles. The zero-order chi connectivity index (χ0) is 0. The third-order valence-electron chi connectivity index (χ3n) is 0. The summed E-state index contributed by atoms with van der Waals surface area (Å²) in [6.07, 6.45) is 0. The molecule has 1 nitrogen and oxygen atoms in total. The minimum atomic E-state index is 0. The van der Waals surface area contributed by atoms with Crippen LogP contribution in [-0.4, -0.2) is 0 Å². The first-order valence-electron chi connectivity index (χ1n) is 0. The van der Waals surface area contributed by atoms with Gasteiger partial charge in [-0.15, -0.1) is 0 Å². The van der Waals surface area contributed by atoms with E-state index in [2.05, 4.69) is 0 Å². The molecule has 0 aliphatic rings. The van der Waals surface area contributed by atoms with Crippen molar-refractivity contribution in [1.82, 2.24) is 0 Å². The molecular formula is CCo2O. The largest absolute Gasteiger partial charge is 2.00 e. The van der Waals surface area contributed by atoms with Crippen LogP contribution in [0.2, 0.25) is 0 Å². The zero-order valence-corrected chi connectivity index (χ0v) is 3.66. The monoisotopic (exact) mass is 146 g/mol. The van der Waals surface area contributed by atoms with Crippen LogP contribution in [-0.2, 0) is 39.0 Å². The van der Waals surface area contributed by atoms with Gasteiger partial charge in [-0.05, 0) is 0 Å². The predicted octanol–water partition coefficient (Wildman–Crippen LogP) is -0.0425. The maximum atomic E-state index is 0. The minimum absolute atomic E-state index is 0. The summed E-state index contributed by atoms with van der Waals surface area (Å²) < 4.78 is 0. The van der Waals surface area contributed by atoms with Gasteiger partial charge in [0, 0.05) is 24.2 Å². The van der Waals surface area contributed by atoms with Crippen LogP contribution in [0.25, 0.3) is 0 Å². The van der Waals surface area contributed by atoms with Gasteiger partial charge in [-0.1, -0.05) is 0 Å². The Morgan fingerprint density at radius 3 is 1.00 bits per heavy atom. The molecule has 3 heteroatoms. The van der Waals surface area contributed by atoms with Gasteiger partial charge >= 0.3 is 16.8 Å². The van der Waals surface area contributed by atoms with E-state index in [1.165, 1.54) is 0 Å². The van der Waals surface area contributed by atoms with Crippen LogP contribution >= 0.6 is 0 Å². The first kappa shape index (κ1) is 82.9. The molecule has 4 heavy (non-hydrogen) atoms. The Bertz CT molecular complexity index is 6.00. The van der Waals surface area contributed by atoms with Gasteiger partial charge in [0.2, 0.25) is 0 Å². The first-order valence-corrected chi connectivity index (χ1v) is 0. The Kier molecular flexibility index (Phi) is 769. The van der Waals surface area contributed by atoms with E-state index in [9.17, 15) is 0 Å². The van der Waals surface area contributed by atoms with Crippen molar-refractivity contribution in [2.24, 2.45) is 0 Å². The standard InChI is InChI=1S/C.2Co.O/q;;+2;-2. The topological polar surface area (TPSA) is 28.5 Å².